The number of benzene rings is 1. The highest BCUT2D eigenvalue weighted by atomic mass is 32.1. The lowest BCUT2D eigenvalue weighted by Gasteiger charge is -2.06. The Balaban J connectivity index is 1.60. The van der Waals surface area contributed by atoms with Gasteiger partial charge in [0.1, 0.15) is 15.8 Å². The van der Waals surface area contributed by atoms with Crippen LogP contribution in [0.3, 0.4) is 0 Å². The van der Waals surface area contributed by atoms with Crippen molar-refractivity contribution in [3.05, 3.63) is 29.3 Å². The van der Waals surface area contributed by atoms with Crippen molar-refractivity contribution in [3.63, 3.8) is 0 Å². The minimum Gasteiger partial charge on any atom is -0.494 e. The summed E-state index contributed by atoms with van der Waals surface area (Å²) in [6.45, 7) is 5.35. The quantitative estimate of drug-likeness (QED) is 0.222. The van der Waals surface area contributed by atoms with Gasteiger partial charge in [-0.3, -0.25) is 0 Å². The molecule has 168 valence electrons. The Morgan fingerprint density at radius 1 is 0.667 bits per heavy atom. The fourth-order valence-electron chi connectivity index (χ4n) is 3.65. The molecule has 0 aliphatic carbocycles. The molecule has 1 heterocycles. The summed E-state index contributed by atoms with van der Waals surface area (Å²) in [5.41, 5.74) is 1.14. The molecule has 0 fully saturated rings. The van der Waals surface area contributed by atoms with Crippen LogP contribution in [0.5, 0.6) is 5.75 Å². The van der Waals surface area contributed by atoms with Crippen molar-refractivity contribution in [1.82, 2.24) is 10.2 Å². The molecule has 4 heteroatoms. The molecule has 1 aromatic heterocycles. The van der Waals surface area contributed by atoms with E-state index in [1.807, 2.05) is 0 Å². The normalized spacial score (nSPS) is 11.1. The predicted octanol–water partition coefficient (Wildman–Crippen LogP) is 8.63. The topological polar surface area (TPSA) is 35.0 Å². The third-order valence-electron chi connectivity index (χ3n) is 5.58. The van der Waals surface area contributed by atoms with Crippen LogP contribution in [-0.2, 0) is 6.42 Å². The zero-order valence-electron chi connectivity index (χ0n) is 19.3. The summed E-state index contributed by atoms with van der Waals surface area (Å²) < 4.78 is 5.91. The first-order valence-electron chi connectivity index (χ1n) is 12.4. The molecule has 0 N–H and O–H groups in total. The monoisotopic (exact) mass is 430 g/mol. The van der Waals surface area contributed by atoms with Gasteiger partial charge < -0.3 is 4.74 Å². The average molecular weight is 431 g/mol. The Hall–Kier alpha value is -1.42. The van der Waals surface area contributed by atoms with Gasteiger partial charge in [-0.1, -0.05) is 102 Å². The van der Waals surface area contributed by atoms with Gasteiger partial charge in [0.15, 0.2) is 0 Å². The molecule has 0 atom stereocenters. The predicted molar refractivity (Wildman–Crippen MR) is 131 cm³/mol. The van der Waals surface area contributed by atoms with Gasteiger partial charge in [0.2, 0.25) is 0 Å². The van der Waals surface area contributed by atoms with E-state index in [0.717, 1.165) is 40.8 Å². The van der Waals surface area contributed by atoms with Crippen molar-refractivity contribution in [1.29, 1.82) is 0 Å². The highest BCUT2D eigenvalue weighted by Crippen LogP contribution is 2.26. The summed E-state index contributed by atoms with van der Waals surface area (Å²) >= 11 is 1.73. The van der Waals surface area contributed by atoms with Crippen LogP contribution >= 0.6 is 11.3 Å². The van der Waals surface area contributed by atoms with Crippen LogP contribution in [0.1, 0.15) is 109 Å². The van der Waals surface area contributed by atoms with E-state index in [-0.39, 0.29) is 0 Å². The lowest BCUT2D eigenvalue weighted by Crippen LogP contribution is -1.97. The minimum absolute atomic E-state index is 0.815. The fraction of sp³-hybridized carbons (Fsp3) is 0.692. The minimum atomic E-state index is 0.815. The van der Waals surface area contributed by atoms with Crippen LogP contribution in [0.15, 0.2) is 24.3 Å². The van der Waals surface area contributed by atoms with Gasteiger partial charge in [-0.2, -0.15) is 0 Å². The molecular weight excluding hydrogens is 388 g/mol. The van der Waals surface area contributed by atoms with Gasteiger partial charge >= 0.3 is 0 Å². The number of unbranched alkanes of at least 4 members (excludes halogenated alkanes) is 12. The summed E-state index contributed by atoms with van der Waals surface area (Å²) in [6.07, 6.45) is 19.6. The van der Waals surface area contributed by atoms with E-state index >= 15 is 0 Å². The molecular formula is C26H42N2OS. The highest BCUT2D eigenvalue weighted by Gasteiger charge is 2.07. The molecule has 1 aromatic carbocycles. The zero-order valence-corrected chi connectivity index (χ0v) is 20.2. The number of rotatable bonds is 18. The highest BCUT2D eigenvalue weighted by molar-refractivity contribution is 7.14. The largest absolute Gasteiger partial charge is 0.494 e. The number of nitrogens with zero attached hydrogens (tertiary/aromatic N) is 2. The molecule has 2 aromatic rings. The molecule has 0 radical (unpaired) electrons. The summed E-state index contributed by atoms with van der Waals surface area (Å²) in [6, 6.07) is 8.35. The van der Waals surface area contributed by atoms with E-state index in [1.54, 1.807) is 11.3 Å². The molecule has 3 nitrogen and oxygen atoms in total. The summed E-state index contributed by atoms with van der Waals surface area (Å²) in [7, 11) is 0. The second kappa shape index (κ2) is 16.3. The van der Waals surface area contributed by atoms with Gasteiger partial charge in [-0.05, 0) is 37.1 Å². The van der Waals surface area contributed by atoms with Crippen molar-refractivity contribution in [3.8, 4) is 16.3 Å². The molecule has 0 bridgehead atoms. The number of aryl methyl sites for hydroxylation is 1. The summed E-state index contributed by atoms with van der Waals surface area (Å²) in [5.74, 6) is 0.957. The lowest BCUT2D eigenvalue weighted by molar-refractivity contribution is 0.304. The van der Waals surface area contributed by atoms with Gasteiger partial charge in [0.05, 0.1) is 6.61 Å². The molecule has 0 saturated heterocycles. The van der Waals surface area contributed by atoms with Crippen molar-refractivity contribution in [2.45, 2.75) is 110 Å². The van der Waals surface area contributed by atoms with Crippen LogP contribution < -0.4 is 4.74 Å². The number of hydrogen-bond acceptors (Lipinski definition) is 4. The Kier molecular flexibility index (Phi) is 13.5. The Morgan fingerprint density at radius 3 is 1.87 bits per heavy atom. The molecule has 0 aliphatic heterocycles. The van der Waals surface area contributed by atoms with Crippen LogP contribution in [0.25, 0.3) is 10.6 Å². The first kappa shape index (κ1) is 24.8. The summed E-state index contributed by atoms with van der Waals surface area (Å²) in [5, 5.41) is 11.0. The fourth-order valence-corrected chi connectivity index (χ4v) is 4.53. The van der Waals surface area contributed by atoms with Crippen molar-refractivity contribution < 1.29 is 4.74 Å². The van der Waals surface area contributed by atoms with Crippen LogP contribution in [0.4, 0.5) is 0 Å². The zero-order chi connectivity index (χ0) is 21.3. The molecule has 2 rings (SSSR count). The van der Waals surface area contributed by atoms with Crippen LogP contribution in [0.2, 0.25) is 0 Å². The molecule has 30 heavy (non-hydrogen) atoms. The molecule has 0 amide bonds. The van der Waals surface area contributed by atoms with Gasteiger partial charge in [0.25, 0.3) is 0 Å². The van der Waals surface area contributed by atoms with Gasteiger partial charge in [0, 0.05) is 12.0 Å². The molecule has 0 aliphatic rings. The molecule has 0 unspecified atom stereocenters. The van der Waals surface area contributed by atoms with E-state index in [1.165, 1.54) is 83.5 Å². The first-order chi connectivity index (χ1) is 14.8. The maximum Gasteiger partial charge on any atom is 0.147 e. The van der Waals surface area contributed by atoms with E-state index < -0.39 is 0 Å². The van der Waals surface area contributed by atoms with E-state index in [4.69, 9.17) is 4.74 Å². The SMILES string of the molecule is CCCCCCCCCCOc1ccc(-c2nnc(CCCCCCCC)s2)cc1. The van der Waals surface area contributed by atoms with Gasteiger partial charge in [-0.25, -0.2) is 0 Å². The smallest absolute Gasteiger partial charge is 0.147 e. The Labute approximate surface area is 188 Å². The first-order valence-corrected chi connectivity index (χ1v) is 13.2. The molecule has 0 spiro atoms. The molecule has 0 saturated carbocycles. The van der Waals surface area contributed by atoms with Crippen molar-refractivity contribution >= 4 is 11.3 Å². The number of ether oxygens (including phenoxy) is 1. The maximum absolute atomic E-state index is 5.91. The summed E-state index contributed by atoms with van der Waals surface area (Å²) in [4.78, 5) is 0. The third-order valence-corrected chi connectivity index (χ3v) is 6.61. The van der Waals surface area contributed by atoms with Crippen LogP contribution in [-0.4, -0.2) is 16.8 Å². The third kappa shape index (κ3) is 10.6. The number of hydrogen-bond donors (Lipinski definition) is 0. The number of aromatic nitrogens is 2. The second-order valence-corrected chi connectivity index (χ2v) is 9.43. The standard InChI is InChI=1S/C26H42N2OS/c1-3-5-7-9-11-12-14-16-22-29-24-20-18-23(19-21-24)26-28-27-25(30-26)17-15-13-10-8-6-4-2/h18-21H,3-17,22H2,1-2H3. The van der Waals surface area contributed by atoms with Crippen molar-refractivity contribution in [2.24, 2.45) is 0 Å². The lowest BCUT2D eigenvalue weighted by atomic mass is 10.1. The van der Waals surface area contributed by atoms with E-state index in [0.29, 0.717) is 0 Å². The van der Waals surface area contributed by atoms with E-state index in [2.05, 4.69) is 48.3 Å². The second-order valence-electron chi connectivity index (χ2n) is 8.37. The van der Waals surface area contributed by atoms with E-state index in [9.17, 15) is 0 Å². The maximum atomic E-state index is 5.91. The average Bonchev–Trinajstić information content (AvgIpc) is 3.24. The van der Waals surface area contributed by atoms with Gasteiger partial charge in [-0.15, -0.1) is 10.2 Å². The Morgan fingerprint density at radius 2 is 1.23 bits per heavy atom. The Bertz CT molecular complexity index is 653. The van der Waals surface area contributed by atoms with Crippen molar-refractivity contribution in [2.75, 3.05) is 6.61 Å². The van der Waals surface area contributed by atoms with Crippen LogP contribution in [0, 0.1) is 0 Å².